The lowest BCUT2D eigenvalue weighted by atomic mass is 9.99. The third kappa shape index (κ3) is 7.24. The van der Waals surface area contributed by atoms with E-state index in [-0.39, 0.29) is 18.3 Å². The van der Waals surface area contributed by atoms with Crippen molar-refractivity contribution in [3.63, 3.8) is 0 Å². The third-order valence-electron chi connectivity index (χ3n) is 8.23. The molecule has 1 amide bonds. The Morgan fingerprint density at radius 2 is 1.70 bits per heavy atom. The van der Waals surface area contributed by atoms with Gasteiger partial charge in [0.2, 0.25) is 0 Å². The molecule has 3 aromatic rings. The summed E-state index contributed by atoms with van der Waals surface area (Å²) in [5, 5.41) is 14.6. The number of nitrogens with one attached hydrogen (secondary N) is 1. The molecule has 0 saturated carbocycles. The summed E-state index contributed by atoms with van der Waals surface area (Å²) < 4.78 is 38.7. The Balaban J connectivity index is 1.25. The van der Waals surface area contributed by atoms with Crippen LogP contribution < -0.4 is 10.2 Å². The zero-order chi connectivity index (χ0) is 33.2. The van der Waals surface area contributed by atoms with E-state index >= 15 is 0 Å². The van der Waals surface area contributed by atoms with E-state index < -0.39 is 34.9 Å². The molecule has 2 aliphatic heterocycles. The summed E-state index contributed by atoms with van der Waals surface area (Å²) in [4.78, 5) is 29.2. The quantitative estimate of drug-likeness (QED) is 0.275. The van der Waals surface area contributed by atoms with E-state index in [1.807, 2.05) is 50.2 Å². The van der Waals surface area contributed by atoms with Crippen LogP contribution in [0.3, 0.4) is 0 Å². The Morgan fingerprint density at radius 1 is 1.04 bits per heavy atom. The first-order valence-corrected chi connectivity index (χ1v) is 16.1. The number of rotatable bonds is 8. The number of benzene rings is 3. The minimum absolute atomic E-state index is 0.164. The van der Waals surface area contributed by atoms with E-state index in [1.165, 1.54) is 12.1 Å². The van der Waals surface area contributed by atoms with Gasteiger partial charge >= 0.3 is 5.97 Å². The second kappa shape index (κ2) is 13.6. The summed E-state index contributed by atoms with van der Waals surface area (Å²) >= 11 is -2.71. The van der Waals surface area contributed by atoms with E-state index in [4.69, 9.17) is 0 Å². The normalized spacial score (nSPS) is 17.6. The standard InChI is InChI=1S/C34H38FN5O5S/c1-23(2)31(33(42)43)40(46(44)45)38-18-16-37(17-19-38)28-13-10-24(11-14-28)8-9-25-12-15-30-29(21-25)32(41)39(34(3,4)36-30)22-26-6-5-7-27(35)20-26/h5-7,10-15,20-21,23,31,36H,16-19,22H2,1-4H3,(H,42,43)(H,44,45)/p-1. The Kier molecular flexibility index (Phi) is 9.79. The van der Waals surface area contributed by atoms with Crippen molar-refractivity contribution in [2.24, 2.45) is 5.92 Å². The van der Waals surface area contributed by atoms with Crippen LogP contribution in [0.5, 0.6) is 0 Å². The smallest absolute Gasteiger partial charge is 0.323 e. The van der Waals surface area contributed by atoms with Gasteiger partial charge in [-0.15, -0.1) is 0 Å². The van der Waals surface area contributed by atoms with Crippen LogP contribution in [0.4, 0.5) is 15.8 Å². The molecule has 5 rings (SSSR count). The summed E-state index contributed by atoms with van der Waals surface area (Å²) in [5.41, 5.74) is 3.65. The van der Waals surface area contributed by atoms with E-state index in [9.17, 15) is 27.8 Å². The average Bonchev–Trinajstić information content (AvgIpc) is 3.01. The lowest BCUT2D eigenvalue weighted by molar-refractivity contribution is -0.149. The number of hydrogen-bond acceptors (Lipinski definition) is 7. The Hall–Kier alpha value is -4.28. The number of carboxylic acid groups (broad SMARTS) is 1. The predicted molar refractivity (Wildman–Crippen MR) is 174 cm³/mol. The fourth-order valence-corrected chi connectivity index (χ4v) is 6.71. The molecule has 10 nitrogen and oxygen atoms in total. The van der Waals surface area contributed by atoms with Crippen LogP contribution in [0.1, 0.15) is 54.7 Å². The average molecular weight is 647 g/mol. The van der Waals surface area contributed by atoms with E-state index in [2.05, 4.69) is 22.1 Å². The highest BCUT2D eigenvalue weighted by Crippen LogP contribution is 2.33. The van der Waals surface area contributed by atoms with E-state index in [0.29, 0.717) is 48.6 Å². The SMILES string of the molecule is CC(C)C(C(=O)O)N(N1CCN(c2ccc(C#Cc3ccc4c(c3)C(=O)N(Cc3cccc(F)c3)C(C)(C)N4)cc2)CC1)S(=O)[O-]. The molecule has 2 atom stereocenters. The Morgan fingerprint density at radius 3 is 2.30 bits per heavy atom. The van der Waals surface area contributed by atoms with Crippen molar-refractivity contribution >= 4 is 34.5 Å². The van der Waals surface area contributed by atoms with Crippen molar-refractivity contribution in [2.45, 2.75) is 45.9 Å². The molecular formula is C34H37FN5O5S-. The molecule has 3 aromatic carbocycles. The fourth-order valence-electron chi connectivity index (χ4n) is 5.84. The van der Waals surface area contributed by atoms with Crippen LogP contribution in [0, 0.1) is 23.6 Å². The largest absolute Gasteiger partial charge is 0.759 e. The van der Waals surface area contributed by atoms with E-state index in [0.717, 1.165) is 15.7 Å². The summed E-state index contributed by atoms with van der Waals surface area (Å²) in [6.45, 7) is 9.21. The number of anilines is 2. The number of carbonyl (C=O) groups excluding carboxylic acids is 1. The number of hydrazine groups is 1. The van der Waals surface area contributed by atoms with Crippen LogP contribution in [0.15, 0.2) is 66.7 Å². The first-order valence-electron chi connectivity index (χ1n) is 15.1. The van der Waals surface area contributed by atoms with Gasteiger partial charge in [0.1, 0.15) is 17.5 Å². The molecule has 0 spiro atoms. The molecule has 1 fully saturated rings. The van der Waals surface area contributed by atoms with Crippen molar-refractivity contribution < 1.29 is 27.8 Å². The van der Waals surface area contributed by atoms with Crippen LogP contribution in [-0.2, 0) is 22.6 Å². The maximum atomic E-state index is 13.8. The predicted octanol–water partition coefficient (Wildman–Crippen LogP) is 4.27. The first kappa shape index (κ1) is 33.1. The number of nitrogens with zero attached hydrogens (tertiary/aromatic N) is 4. The number of amides is 1. The van der Waals surface area contributed by atoms with E-state index in [1.54, 1.807) is 42.0 Å². The van der Waals surface area contributed by atoms with Gasteiger partial charge in [0.25, 0.3) is 5.91 Å². The second-order valence-electron chi connectivity index (χ2n) is 12.2. The van der Waals surface area contributed by atoms with Crippen LogP contribution in [0.2, 0.25) is 0 Å². The molecule has 1 saturated heterocycles. The van der Waals surface area contributed by atoms with Gasteiger partial charge in [-0.25, -0.2) is 9.40 Å². The molecule has 0 bridgehead atoms. The van der Waals surface area contributed by atoms with Crippen molar-refractivity contribution in [2.75, 3.05) is 36.4 Å². The zero-order valence-electron chi connectivity index (χ0n) is 26.2. The van der Waals surface area contributed by atoms with Gasteiger partial charge in [-0.1, -0.05) is 37.8 Å². The van der Waals surface area contributed by atoms with Gasteiger partial charge in [-0.2, -0.15) is 4.41 Å². The molecule has 2 unspecified atom stereocenters. The Labute approximate surface area is 271 Å². The number of carboxylic acids is 1. The second-order valence-corrected chi connectivity index (χ2v) is 13.1. The number of piperazine rings is 1. The minimum Gasteiger partial charge on any atom is -0.759 e. The molecular weight excluding hydrogens is 609 g/mol. The number of carbonyl (C=O) groups is 2. The number of halogens is 1. The lowest BCUT2D eigenvalue weighted by Crippen LogP contribution is -2.60. The monoisotopic (exact) mass is 646 g/mol. The summed E-state index contributed by atoms with van der Waals surface area (Å²) in [5.74, 6) is 4.23. The first-order chi connectivity index (χ1) is 21.8. The maximum absolute atomic E-state index is 13.8. The van der Waals surface area contributed by atoms with Crippen LogP contribution >= 0.6 is 0 Å². The molecule has 0 aliphatic carbocycles. The molecule has 2 N–H and O–H groups in total. The van der Waals surface area contributed by atoms with Gasteiger partial charge in [-0.05, 0) is 79.9 Å². The number of aliphatic carboxylic acids is 1. The highest BCUT2D eigenvalue weighted by Gasteiger charge is 2.38. The van der Waals surface area contributed by atoms with Gasteiger partial charge < -0.3 is 24.8 Å². The highest BCUT2D eigenvalue weighted by molar-refractivity contribution is 7.76. The number of fused-ring (bicyclic) bond motifs is 1. The summed E-state index contributed by atoms with van der Waals surface area (Å²) in [7, 11) is 0. The summed E-state index contributed by atoms with van der Waals surface area (Å²) in [6.07, 6.45) is 0. The molecule has 12 heteroatoms. The molecule has 0 aromatic heterocycles. The minimum atomic E-state index is -2.71. The lowest BCUT2D eigenvalue weighted by Gasteiger charge is -2.45. The van der Waals surface area contributed by atoms with Gasteiger partial charge in [0.15, 0.2) is 0 Å². The topological polar surface area (TPSA) is 119 Å². The highest BCUT2D eigenvalue weighted by atomic mass is 32.2. The van der Waals surface area contributed by atoms with Crippen molar-refractivity contribution in [3.8, 4) is 11.8 Å². The van der Waals surface area contributed by atoms with Crippen molar-refractivity contribution in [1.29, 1.82) is 0 Å². The molecule has 46 heavy (non-hydrogen) atoms. The fraction of sp³-hybridized carbons (Fsp3) is 0.353. The van der Waals surface area contributed by atoms with Crippen LogP contribution in [0.25, 0.3) is 0 Å². The summed E-state index contributed by atoms with van der Waals surface area (Å²) in [6, 6.07) is 18.3. The molecule has 0 radical (unpaired) electrons. The van der Waals surface area contributed by atoms with Gasteiger partial charge in [-0.3, -0.25) is 13.8 Å². The molecule has 242 valence electrons. The van der Waals surface area contributed by atoms with Crippen molar-refractivity contribution in [3.05, 3.63) is 94.8 Å². The molecule has 2 aliphatic rings. The van der Waals surface area contributed by atoms with Crippen LogP contribution in [-0.4, -0.2) is 78.0 Å². The van der Waals surface area contributed by atoms with Gasteiger partial charge in [0, 0.05) is 66.5 Å². The maximum Gasteiger partial charge on any atom is 0.323 e. The molecule has 2 heterocycles. The zero-order valence-corrected chi connectivity index (χ0v) is 27.0. The van der Waals surface area contributed by atoms with Gasteiger partial charge in [0.05, 0.1) is 5.56 Å². The van der Waals surface area contributed by atoms with Crippen molar-refractivity contribution in [1.82, 2.24) is 14.3 Å². The Bertz CT molecular complexity index is 1700. The third-order valence-corrected chi connectivity index (χ3v) is 9.00. The number of hydrogen-bond donors (Lipinski definition) is 2.